The van der Waals surface area contributed by atoms with Crippen LogP contribution in [0.4, 0.5) is 4.39 Å². The topological polar surface area (TPSA) is 64.1 Å². The van der Waals surface area contributed by atoms with Crippen LogP contribution in [-0.4, -0.2) is 38.0 Å². The lowest BCUT2D eigenvalue weighted by Crippen LogP contribution is -2.45. The number of nitrogens with zero attached hydrogens (tertiary/aromatic N) is 1. The molecule has 2 heterocycles. The number of hydrogen-bond acceptors (Lipinski definition) is 4. The third-order valence-electron chi connectivity index (χ3n) is 4.43. The zero-order valence-electron chi connectivity index (χ0n) is 14.9. The van der Waals surface area contributed by atoms with E-state index in [0.717, 1.165) is 37.1 Å². The number of ether oxygens (including phenoxy) is 3. The smallest absolute Gasteiger partial charge is 0.191 e. The van der Waals surface area contributed by atoms with E-state index in [1.54, 1.807) is 0 Å². The van der Waals surface area contributed by atoms with Gasteiger partial charge < -0.3 is 24.8 Å². The maximum atomic E-state index is 13.8. The van der Waals surface area contributed by atoms with Crippen LogP contribution >= 0.6 is 0 Å². The predicted molar refractivity (Wildman–Crippen MR) is 93.1 cm³/mol. The van der Waals surface area contributed by atoms with E-state index in [0.29, 0.717) is 31.4 Å². The van der Waals surface area contributed by atoms with Crippen molar-refractivity contribution in [3.05, 3.63) is 29.1 Å². The van der Waals surface area contributed by atoms with Crippen LogP contribution in [0.25, 0.3) is 0 Å². The summed E-state index contributed by atoms with van der Waals surface area (Å²) in [5.41, 5.74) is 1.29. The van der Waals surface area contributed by atoms with Gasteiger partial charge in [0, 0.05) is 30.8 Å². The summed E-state index contributed by atoms with van der Waals surface area (Å²) in [4.78, 5) is 4.58. The number of benzene rings is 1. The zero-order chi connectivity index (χ0) is 17.7. The summed E-state index contributed by atoms with van der Waals surface area (Å²) in [5.74, 6) is 1.06. The molecule has 0 radical (unpaired) electrons. The van der Waals surface area contributed by atoms with E-state index in [9.17, 15) is 4.39 Å². The lowest BCUT2D eigenvalue weighted by molar-refractivity contribution is -0.0172. The first kappa shape index (κ1) is 17.9. The van der Waals surface area contributed by atoms with Crippen LogP contribution < -0.4 is 15.4 Å². The lowest BCUT2D eigenvalue weighted by atomic mass is 10.0. The van der Waals surface area contributed by atoms with Gasteiger partial charge in [-0.25, -0.2) is 9.38 Å². The Hall–Kier alpha value is -1.86. The monoisotopic (exact) mass is 351 g/mol. The summed E-state index contributed by atoms with van der Waals surface area (Å²) in [5, 5.41) is 6.54. The third kappa shape index (κ3) is 4.61. The molecular formula is C18H26FN3O3. The Morgan fingerprint density at radius 1 is 1.36 bits per heavy atom. The first-order chi connectivity index (χ1) is 12.1. The highest BCUT2D eigenvalue weighted by atomic mass is 19.1. The van der Waals surface area contributed by atoms with E-state index in [-0.39, 0.29) is 18.2 Å². The number of nitrogens with one attached hydrogen (secondary N) is 2. The van der Waals surface area contributed by atoms with Crippen LogP contribution in [0.2, 0.25) is 0 Å². The standard InChI is InChI=1S/C18H26FN3O3/c1-3-20-17(22-11-18(2)5-4-6-25-18)21-9-13-7-15(19)8-14-10-23-12-24-16(13)14/h7-8H,3-6,9-12H2,1-2H3,(H2,20,21,22). The quantitative estimate of drug-likeness (QED) is 0.630. The van der Waals surface area contributed by atoms with Crippen LogP contribution in [-0.2, 0) is 22.6 Å². The molecule has 1 atom stereocenters. The fourth-order valence-electron chi connectivity index (χ4n) is 3.13. The minimum atomic E-state index is -0.303. The van der Waals surface area contributed by atoms with Crippen molar-refractivity contribution in [1.82, 2.24) is 10.6 Å². The van der Waals surface area contributed by atoms with Gasteiger partial charge in [-0.1, -0.05) is 0 Å². The van der Waals surface area contributed by atoms with Crippen molar-refractivity contribution < 1.29 is 18.6 Å². The molecule has 0 aliphatic carbocycles. The van der Waals surface area contributed by atoms with Crippen molar-refractivity contribution in [3.63, 3.8) is 0 Å². The molecular weight excluding hydrogens is 325 g/mol. The van der Waals surface area contributed by atoms with Crippen LogP contribution in [0.3, 0.4) is 0 Å². The van der Waals surface area contributed by atoms with Gasteiger partial charge in [-0.05, 0) is 38.8 Å². The van der Waals surface area contributed by atoms with E-state index in [1.807, 2.05) is 6.92 Å². The van der Waals surface area contributed by atoms with Gasteiger partial charge in [0.1, 0.15) is 11.6 Å². The van der Waals surface area contributed by atoms with E-state index in [4.69, 9.17) is 14.2 Å². The van der Waals surface area contributed by atoms with E-state index >= 15 is 0 Å². The second-order valence-electron chi connectivity index (χ2n) is 6.61. The number of aliphatic imine (C=N–C) groups is 1. The Morgan fingerprint density at radius 3 is 3.00 bits per heavy atom. The highest BCUT2D eigenvalue weighted by molar-refractivity contribution is 5.79. The van der Waals surface area contributed by atoms with Crippen LogP contribution in [0.1, 0.15) is 37.8 Å². The van der Waals surface area contributed by atoms with Gasteiger partial charge in [0.15, 0.2) is 12.8 Å². The number of halogens is 1. The average molecular weight is 351 g/mol. The molecule has 0 spiro atoms. The molecule has 1 saturated heterocycles. The normalized spacial score (nSPS) is 23.1. The zero-order valence-corrected chi connectivity index (χ0v) is 14.9. The summed E-state index contributed by atoms with van der Waals surface area (Å²) in [6.07, 6.45) is 2.12. The second kappa shape index (κ2) is 8.01. The van der Waals surface area contributed by atoms with Gasteiger partial charge in [0.25, 0.3) is 0 Å². The van der Waals surface area contributed by atoms with Crippen LogP contribution in [0, 0.1) is 5.82 Å². The molecule has 0 aromatic heterocycles. The first-order valence-electron chi connectivity index (χ1n) is 8.77. The molecule has 138 valence electrons. The molecule has 3 rings (SSSR count). The second-order valence-corrected chi connectivity index (χ2v) is 6.61. The molecule has 6 nitrogen and oxygen atoms in total. The summed E-state index contributed by atoms with van der Waals surface area (Å²) < 4.78 is 30.4. The van der Waals surface area contributed by atoms with E-state index in [2.05, 4.69) is 22.5 Å². The first-order valence-corrected chi connectivity index (χ1v) is 8.77. The summed E-state index contributed by atoms with van der Waals surface area (Å²) in [6.45, 7) is 7.22. The lowest BCUT2D eigenvalue weighted by Gasteiger charge is -2.25. The molecule has 7 heteroatoms. The van der Waals surface area contributed by atoms with Gasteiger partial charge in [-0.3, -0.25) is 0 Å². The molecule has 1 aromatic carbocycles. The Balaban J connectivity index is 1.70. The number of fused-ring (bicyclic) bond motifs is 1. The summed E-state index contributed by atoms with van der Waals surface area (Å²) >= 11 is 0. The summed E-state index contributed by atoms with van der Waals surface area (Å²) in [7, 11) is 0. The molecule has 1 unspecified atom stereocenters. The molecule has 2 N–H and O–H groups in total. The number of guanidine groups is 1. The average Bonchev–Trinajstić information content (AvgIpc) is 3.04. The Morgan fingerprint density at radius 2 is 2.24 bits per heavy atom. The Bertz CT molecular complexity index is 630. The van der Waals surface area contributed by atoms with Crippen molar-refractivity contribution >= 4 is 5.96 Å². The van der Waals surface area contributed by atoms with E-state index < -0.39 is 0 Å². The number of rotatable bonds is 5. The van der Waals surface area contributed by atoms with Crippen LogP contribution in [0.15, 0.2) is 17.1 Å². The van der Waals surface area contributed by atoms with Crippen molar-refractivity contribution in [2.75, 3.05) is 26.5 Å². The molecule has 2 aliphatic heterocycles. The fourth-order valence-corrected chi connectivity index (χ4v) is 3.13. The van der Waals surface area contributed by atoms with Crippen molar-refractivity contribution in [2.45, 2.75) is 45.4 Å². The highest BCUT2D eigenvalue weighted by Crippen LogP contribution is 2.30. The highest BCUT2D eigenvalue weighted by Gasteiger charge is 2.29. The minimum Gasteiger partial charge on any atom is -0.467 e. The summed E-state index contributed by atoms with van der Waals surface area (Å²) in [6, 6.07) is 2.92. The predicted octanol–water partition coefficient (Wildman–Crippen LogP) is 2.32. The van der Waals surface area contributed by atoms with Crippen molar-refractivity contribution in [1.29, 1.82) is 0 Å². The number of hydrogen-bond donors (Lipinski definition) is 2. The maximum absolute atomic E-state index is 13.8. The van der Waals surface area contributed by atoms with Gasteiger partial charge >= 0.3 is 0 Å². The molecule has 25 heavy (non-hydrogen) atoms. The minimum absolute atomic E-state index is 0.158. The Labute approximate surface area is 147 Å². The van der Waals surface area contributed by atoms with Gasteiger partial charge in [-0.15, -0.1) is 0 Å². The van der Waals surface area contributed by atoms with Gasteiger partial charge in [0.05, 0.1) is 18.8 Å². The molecule has 0 amide bonds. The van der Waals surface area contributed by atoms with Gasteiger partial charge in [-0.2, -0.15) is 0 Å². The van der Waals surface area contributed by atoms with Gasteiger partial charge in [0.2, 0.25) is 0 Å². The molecule has 1 fully saturated rings. The molecule has 2 aliphatic rings. The molecule has 0 bridgehead atoms. The fraction of sp³-hybridized carbons (Fsp3) is 0.611. The Kier molecular flexibility index (Phi) is 5.75. The molecule has 1 aromatic rings. The van der Waals surface area contributed by atoms with Crippen molar-refractivity contribution in [2.24, 2.45) is 4.99 Å². The SMILES string of the molecule is CCNC(=NCc1cc(F)cc2c1OCOC2)NCC1(C)CCCO1. The molecule has 0 saturated carbocycles. The van der Waals surface area contributed by atoms with E-state index in [1.165, 1.54) is 12.1 Å². The van der Waals surface area contributed by atoms with Crippen molar-refractivity contribution in [3.8, 4) is 5.75 Å². The third-order valence-corrected chi connectivity index (χ3v) is 4.43. The van der Waals surface area contributed by atoms with Crippen LogP contribution in [0.5, 0.6) is 5.75 Å². The maximum Gasteiger partial charge on any atom is 0.191 e. The largest absolute Gasteiger partial charge is 0.467 e.